The van der Waals surface area contributed by atoms with Crippen LogP contribution < -0.4 is 21.3 Å². The van der Waals surface area contributed by atoms with Gasteiger partial charge in [0.15, 0.2) is 5.82 Å². The minimum Gasteiger partial charge on any atom is -0.464 e. The number of benzene rings is 2. The van der Waals surface area contributed by atoms with E-state index in [4.69, 9.17) is 9.47 Å². The molecule has 4 heterocycles. The Labute approximate surface area is 347 Å². The van der Waals surface area contributed by atoms with Gasteiger partial charge in [-0.15, -0.1) is 0 Å². The predicted octanol–water partition coefficient (Wildman–Crippen LogP) is 4.63. The lowest BCUT2D eigenvalue weighted by molar-refractivity contribution is -0.147. The van der Waals surface area contributed by atoms with E-state index in [1.807, 2.05) is 4.72 Å². The number of aromatic nitrogens is 6. The van der Waals surface area contributed by atoms with E-state index in [-0.39, 0.29) is 41.7 Å². The first kappa shape index (κ1) is 42.4. The number of fused-ring (bicyclic) bond motifs is 1. The Kier molecular flexibility index (Phi) is 12.7. The van der Waals surface area contributed by atoms with Crippen LogP contribution in [-0.2, 0) is 44.4 Å². The Bertz CT molecular complexity index is 2810. The van der Waals surface area contributed by atoms with Crippen LogP contribution in [0.5, 0.6) is 0 Å². The van der Waals surface area contributed by atoms with Crippen molar-refractivity contribution in [2.75, 3.05) is 18.4 Å². The summed E-state index contributed by atoms with van der Waals surface area (Å²) in [5, 5.41) is 2.67. The highest BCUT2D eigenvalue weighted by molar-refractivity contribution is 7.92. The fraction of sp³-hybridized carbons (Fsp3) is 0.286. The summed E-state index contributed by atoms with van der Waals surface area (Å²) in [5.74, 6) is -3.95. The summed E-state index contributed by atoms with van der Waals surface area (Å²) in [6, 6.07) is 9.58. The highest BCUT2D eigenvalue weighted by atomic mass is 32.2. The van der Waals surface area contributed by atoms with Crippen molar-refractivity contribution < 1.29 is 36.3 Å². The summed E-state index contributed by atoms with van der Waals surface area (Å²) in [6.07, 6.45) is 11.8. The van der Waals surface area contributed by atoms with Crippen LogP contribution in [-0.4, -0.2) is 69.1 Å². The molecule has 0 saturated heterocycles. The van der Waals surface area contributed by atoms with Crippen LogP contribution in [0, 0.1) is 17.6 Å². The second-order valence-corrected chi connectivity index (χ2v) is 16.2. The molecule has 0 radical (unpaired) electrons. The monoisotopic (exact) mass is 854 g/mol. The Morgan fingerprint density at radius 1 is 0.902 bits per heavy atom. The third-order valence-corrected chi connectivity index (χ3v) is 11.7. The van der Waals surface area contributed by atoms with Gasteiger partial charge in [-0.25, -0.2) is 46.3 Å². The highest BCUT2D eigenvalue weighted by Gasteiger charge is 2.28. The summed E-state index contributed by atoms with van der Waals surface area (Å²) in [7, 11) is -1.43. The topological polar surface area (TPSA) is 206 Å². The smallest absolute Gasteiger partial charge is 0.337 e. The van der Waals surface area contributed by atoms with Gasteiger partial charge in [0.05, 0.1) is 39.9 Å². The normalized spacial score (nSPS) is 13.8. The van der Waals surface area contributed by atoms with Gasteiger partial charge < -0.3 is 14.8 Å². The lowest BCUT2D eigenvalue weighted by Crippen LogP contribution is -2.44. The third-order valence-electron chi connectivity index (χ3n) is 10.3. The van der Waals surface area contributed by atoms with E-state index in [9.17, 15) is 27.6 Å². The molecule has 1 saturated carbocycles. The first-order chi connectivity index (χ1) is 29.3. The van der Waals surface area contributed by atoms with Gasteiger partial charge in [-0.2, -0.15) is 0 Å². The summed E-state index contributed by atoms with van der Waals surface area (Å²) in [4.78, 5) is 69.9. The quantitative estimate of drug-likeness (QED) is 0.144. The van der Waals surface area contributed by atoms with Crippen molar-refractivity contribution >= 4 is 38.5 Å². The molecule has 16 nitrogen and oxygen atoms in total. The number of rotatable bonds is 14. The van der Waals surface area contributed by atoms with Crippen LogP contribution in [0.4, 0.5) is 14.5 Å². The maximum absolute atomic E-state index is 15.6. The first-order valence-corrected chi connectivity index (χ1v) is 20.7. The molecule has 0 bridgehead atoms. The molecule has 1 aliphatic carbocycles. The van der Waals surface area contributed by atoms with E-state index in [0.717, 1.165) is 36.7 Å². The maximum atomic E-state index is 15.6. The van der Waals surface area contributed by atoms with Crippen LogP contribution in [0.1, 0.15) is 53.8 Å². The van der Waals surface area contributed by atoms with Crippen molar-refractivity contribution in [2.24, 2.45) is 13.0 Å². The second-order valence-electron chi connectivity index (χ2n) is 14.5. The number of carbonyl (C=O) groups is 2. The highest BCUT2D eigenvalue weighted by Crippen LogP contribution is 2.26. The number of pyridine rings is 2. The molecule has 0 aliphatic heterocycles. The molecular weight excluding hydrogens is 815 g/mol. The van der Waals surface area contributed by atoms with Gasteiger partial charge in [-0.3, -0.25) is 23.9 Å². The number of aryl methyl sites for hydroxylation is 1. The number of methoxy groups -OCH3 is 1. The largest absolute Gasteiger partial charge is 0.464 e. The van der Waals surface area contributed by atoms with Crippen molar-refractivity contribution in [3.63, 3.8) is 0 Å². The SMILES string of the molecule is COCc1ncc(-c2ccc(S(=O)(=O)Nc3cc(F)c(C(=O)N[C@@H](Cc4ccc(-n5c(=O)c6ccncc6n(C)c5=O)nc4)C(=O)OCC4CCCCC4)cc3F)cc2)cn1. The molecule has 1 amide bonds. The fourth-order valence-electron chi connectivity index (χ4n) is 7.02. The zero-order chi connectivity index (χ0) is 43.3. The fourth-order valence-corrected chi connectivity index (χ4v) is 8.08. The minimum absolute atomic E-state index is 0.00171. The average Bonchev–Trinajstić information content (AvgIpc) is 3.27. The minimum atomic E-state index is -4.43. The number of carbonyl (C=O) groups excluding carboxylic acids is 2. The molecule has 7 rings (SSSR count). The molecule has 1 aliphatic rings. The van der Waals surface area contributed by atoms with E-state index in [1.165, 1.54) is 79.8 Å². The van der Waals surface area contributed by atoms with Crippen LogP contribution in [0.25, 0.3) is 27.8 Å². The first-order valence-electron chi connectivity index (χ1n) is 19.2. The van der Waals surface area contributed by atoms with Gasteiger partial charge in [0.25, 0.3) is 21.5 Å². The van der Waals surface area contributed by atoms with Crippen LogP contribution in [0.2, 0.25) is 0 Å². The number of sulfonamides is 1. The number of anilines is 1. The number of hydrogen-bond acceptors (Lipinski definition) is 12. The summed E-state index contributed by atoms with van der Waals surface area (Å²) in [6.45, 7) is 0.321. The molecule has 0 spiro atoms. The van der Waals surface area contributed by atoms with Gasteiger partial charge in [0.2, 0.25) is 0 Å². The molecular formula is C42H40F2N8O8S. The molecule has 2 aromatic carbocycles. The standard InChI is InChI=1S/C42H40F2N8O8S/c1-51-36-22-45-15-14-30(36)40(54)52(42(51)56)38-13-8-26(19-48-38)16-35(41(55)60-23-25-6-4-3-5-7-25)49-39(53)31-17-33(44)34(18-32(31)43)50-61(57,58)29-11-9-27(10-12-29)28-20-46-37(24-59-2)47-21-28/h8-15,17-22,25,35,50H,3-7,16,23-24H2,1-2H3,(H,49,53)/t35-/m0/s1. The van der Waals surface area contributed by atoms with Crippen molar-refractivity contribution in [3.8, 4) is 16.9 Å². The van der Waals surface area contributed by atoms with E-state index >= 15 is 8.78 Å². The van der Waals surface area contributed by atoms with E-state index in [0.29, 0.717) is 40.2 Å². The molecule has 4 aromatic heterocycles. The Morgan fingerprint density at radius 3 is 2.33 bits per heavy atom. The van der Waals surface area contributed by atoms with Gasteiger partial charge in [0, 0.05) is 57.0 Å². The summed E-state index contributed by atoms with van der Waals surface area (Å²) >= 11 is 0. The van der Waals surface area contributed by atoms with Crippen molar-refractivity contribution in [3.05, 3.63) is 135 Å². The molecule has 2 N–H and O–H groups in total. The molecule has 1 atom stereocenters. The maximum Gasteiger partial charge on any atom is 0.337 e. The van der Waals surface area contributed by atoms with Gasteiger partial charge in [-0.05, 0) is 60.2 Å². The summed E-state index contributed by atoms with van der Waals surface area (Å²) < 4.78 is 72.3. The number of esters is 1. The summed E-state index contributed by atoms with van der Waals surface area (Å²) in [5.41, 5.74) is -0.927. The Morgan fingerprint density at radius 2 is 1.64 bits per heavy atom. The third kappa shape index (κ3) is 9.52. The van der Waals surface area contributed by atoms with Gasteiger partial charge >= 0.3 is 11.7 Å². The Hall–Kier alpha value is -6.73. The van der Waals surface area contributed by atoms with Crippen molar-refractivity contribution in [1.82, 2.24) is 34.4 Å². The number of ether oxygens (including phenoxy) is 2. The van der Waals surface area contributed by atoms with Gasteiger partial charge in [-0.1, -0.05) is 37.5 Å². The van der Waals surface area contributed by atoms with Gasteiger partial charge in [0.1, 0.15) is 30.1 Å². The van der Waals surface area contributed by atoms with Crippen LogP contribution >= 0.6 is 0 Å². The number of hydrogen-bond donors (Lipinski definition) is 2. The molecule has 61 heavy (non-hydrogen) atoms. The molecule has 6 aromatic rings. The molecule has 0 unspecified atom stereocenters. The zero-order valence-electron chi connectivity index (χ0n) is 33.0. The lowest BCUT2D eigenvalue weighted by Gasteiger charge is -2.23. The van der Waals surface area contributed by atoms with Crippen LogP contribution in [0.15, 0.2) is 100 Å². The second kappa shape index (κ2) is 18.3. The lowest BCUT2D eigenvalue weighted by atomic mass is 9.90. The van der Waals surface area contributed by atoms with E-state index in [2.05, 4.69) is 25.3 Å². The van der Waals surface area contributed by atoms with Crippen molar-refractivity contribution in [1.29, 1.82) is 0 Å². The van der Waals surface area contributed by atoms with E-state index < -0.39 is 62.1 Å². The van der Waals surface area contributed by atoms with E-state index in [1.54, 1.807) is 12.4 Å². The van der Waals surface area contributed by atoms with Crippen LogP contribution in [0.3, 0.4) is 0 Å². The zero-order valence-corrected chi connectivity index (χ0v) is 33.8. The average molecular weight is 855 g/mol. The number of nitrogens with one attached hydrogen (secondary N) is 2. The molecule has 316 valence electrons. The number of nitrogens with zero attached hydrogens (tertiary/aromatic N) is 6. The Balaban J connectivity index is 1.08. The molecule has 1 fully saturated rings. The van der Waals surface area contributed by atoms with Crippen molar-refractivity contribution in [2.45, 2.75) is 56.1 Å². The number of halogens is 2. The predicted molar refractivity (Wildman–Crippen MR) is 218 cm³/mol. The molecule has 19 heteroatoms. The number of amides is 1.